The number of H-pyrrole nitrogens is 1. The van der Waals surface area contributed by atoms with E-state index in [1.807, 2.05) is 0 Å². The molecule has 0 saturated carbocycles. The van der Waals surface area contributed by atoms with Crippen molar-refractivity contribution in [2.45, 2.75) is 0 Å². The van der Waals surface area contributed by atoms with Crippen molar-refractivity contribution < 1.29 is 4.39 Å². The van der Waals surface area contributed by atoms with Crippen molar-refractivity contribution >= 4 is 12.2 Å². The van der Waals surface area contributed by atoms with E-state index in [0.717, 1.165) is 0 Å². The number of rotatable bonds is 1. The van der Waals surface area contributed by atoms with E-state index in [9.17, 15) is 4.39 Å². The van der Waals surface area contributed by atoms with Crippen LogP contribution >= 0.6 is 12.2 Å². The molecule has 0 aliphatic carbocycles. The van der Waals surface area contributed by atoms with Crippen molar-refractivity contribution in [2.75, 3.05) is 0 Å². The molecule has 2 aromatic rings. The molecule has 0 fully saturated rings. The SMILES string of the molecule is Fc1ccccc1-c1nccc(=S)[nH]1. The highest BCUT2D eigenvalue weighted by molar-refractivity contribution is 7.71. The van der Waals surface area contributed by atoms with Crippen molar-refractivity contribution in [2.24, 2.45) is 0 Å². The van der Waals surface area contributed by atoms with Gasteiger partial charge in [-0.25, -0.2) is 9.37 Å². The molecule has 4 heteroatoms. The molecule has 1 aromatic heterocycles. The summed E-state index contributed by atoms with van der Waals surface area (Å²) in [5, 5.41) is 0. The Morgan fingerprint density at radius 2 is 2.00 bits per heavy atom. The molecule has 0 unspecified atom stereocenters. The minimum atomic E-state index is -0.308. The van der Waals surface area contributed by atoms with Gasteiger partial charge in [0.15, 0.2) is 0 Å². The molecule has 1 heterocycles. The fourth-order valence-corrected chi connectivity index (χ4v) is 1.32. The Labute approximate surface area is 85.5 Å². The number of halogens is 1. The smallest absolute Gasteiger partial charge is 0.141 e. The molecular formula is C10H7FN2S. The molecule has 0 saturated heterocycles. The summed E-state index contributed by atoms with van der Waals surface area (Å²) < 4.78 is 13.9. The number of aromatic amines is 1. The standard InChI is InChI=1S/C10H7FN2S/c11-8-4-2-1-3-7(8)10-12-6-5-9(14)13-10/h1-6H,(H,12,13,14). The molecule has 70 valence electrons. The zero-order valence-corrected chi connectivity index (χ0v) is 8.01. The molecule has 2 nitrogen and oxygen atoms in total. The van der Waals surface area contributed by atoms with Crippen LogP contribution in [0.3, 0.4) is 0 Å². The monoisotopic (exact) mass is 206 g/mol. The molecule has 0 bridgehead atoms. The molecule has 14 heavy (non-hydrogen) atoms. The zero-order chi connectivity index (χ0) is 9.97. The van der Waals surface area contributed by atoms with E-state index in [-0.39, 0.29) is 5.82 Å². The summed E-state index contributed by atoms with van der Waals surface area (Å²) in [4.78, 5) is 6.84. The average molecular weight is 206 g/mol. The predicted octanol–water partition coefficient (Wildman–Crippen LogP) is 2.95. The normalized spacial score (nSPS) is 10.1. The number of nitrogens with one attached hydrogen (secondary N) is 1. The van der Waals surface area contributed by atoms with Crippen molar-refractivity contribution in [3.8, 4) is 11.4 Å². The lowest BCUT2D eigenvalue weighted by molar-refractivity contribution is 0.630. The third kappa shape index (κ3) is 1.70. The number of nitrogens with zero attached hydrogens (tertiary/aromatic N) is 1. The first-order valence-corrected chi connectivity index (χ1v) is 4.48. The Balaban J connectivity index is 2.61. The summed E-state index contributed by atoms with van der Waals surface area (Å²) in [5.41, 5.74) is 0.430. The number of hydrogen-bond acceptors (Lipinski definition) is 2. The quantitative estimate of drug-likeness (QED) is 0.727. The predicted molar refractivity (Wildman–Crippen MR) is 54.8 cm³/mol. The van der Waals surface area contributed by atoms with E-state index in [1.54, 1.807) is 30.5 Å². The number of aromatic nitrogens is 2. The molecule has 0 amide bonds. The molecule has 0 atom stereocenters. The Morgan fingerprint density at radius 3 is 2.71 bits per heavy atom. The van der Waals surface area contributed by atoms with Gasteiger partial charge in [-0.3, -0.25) is 0 Å². The van der Waals surface area contributed by atoms with Gasteiger partial charge in [0, 0.05) is 6.20 Å². The van der Waals surface area contributed by atoms with Gasteiger partial charge in [0.25, 0.3) is 0 Å². The van der Waals surface area contributed by atoms with Crippen LogP contribution in [0.15, 0.2) is 36.5 Å². The lowest BCUT2D eigenvalue weighted by atomic mass is 10.2. The summed E-state index contributed by atoms with van der Waals surface area (Å²) in [6.45, 7) is 0. The summed E-state index contributed by atoms with van der Waals surface area (Å²) >= 11 is 4.92. The maximum absolute atomic E-state index is 13.3. The first-order valence-electron chi connectivity index (χ1n) is 4.07. The van der Waals surface area contributed by atoms with Crippen LogP contribution in [-0.2, 0) is 0 Å². The second-order valence-corrected chi connectivity index (χ2v) is 3.20. The highest BCUT2D eigenvalue weighted by Gasteiger charge is 2.04. The van der Waals surface area contributed by atoms with E-state index in [0.29, 0.717) is 16.0 Å². The first-order chi connectivity index (χ1) is 6.77. The van der Waals surface area contributed by atoms with Gasteiger partial charge < -0.3 is 4.98 Å². The van der Waals surface area contributed by atoms with Gasteiger partial charge in [-0.2, -0.15) is 0 Å². The largest absolute Gasteiger partial charge is 0.331 e. The Bertz CT molecular complexity index is 507. The molecular weight excluding hydrogens is 199 g/mol. The Hall–Kier alpha value is -1.55. The lowest BCUT2D eigenvalue weighted by Gasteiger charge is -2.00. The second-order valence-electron chi connectivity index (χ2n) is 2.76. The Kier molecular flexibility index (Phi) is 2.37. The van der Waals surface area contributed by atoms with Gasteiger partial charge in [0.05, 0.1) is 5.56 Å². The molecule has 0 radical (unpaired) electrons. The average Bonchev–Trinajstić information content (AvgIpc) is 2.18. The fraction of sp³-hybridized carbons (Fsp3) is 0. The van der Waals surface area contributed by atoms with Crippen LogP contribution < -0.4 is 0 Å². The molecule has 2 rings (SSSR count). The Morgan fingerprint density at radius 1 is 1.21 bits per heavy atom. The first kappa shape index (κ1) is 9.02. The third-order valence-corrected chi connectivity index (χ3v) is 2.04. The van der Waals surface area contributed by atoms with Crippen molar-refractivity contribution in [1.29, 1.82) is 0 Å². The minimum Gasteiger partial charge on any atom is -0.331 e. The van der Waals surface area contributed by atoms with Crippen molar-refractivity contribution in [3.63, 3.8) is 0 Å². The minimum absolute atomic E-state index is 0.308. The van der Waals surface area contributed by atoms with Gasteiger partial charge >= 0.3 is 0 Å². The van der Waals surface area contributed by atoms with Crippen LogP contribution in [0.1, 0.15) is 0 Å². The summed E-state index contributed by atoms with van der Waals surface area (Å²) in [7, 11) is 0. The van der Waals surface area contributed by atoms with Gasteiger partial charge in [-0.15, -0.1) is 0 Å². The van der Waals surface area contributed by atoms with Crippen LogP contribution in [0, 0.1) is 10.5 Å². The van der Waals surface area contributed by atoms with Crippen LogP contribution in [0.4, 0.5) is 4.39 Å². The van der Waals surface area contributed by atoms with Gasteiger partial charge in [0.1, 0.15) is 16.3 Å². The third-order valence-electron chi connectivity index (χ3n) is 1.80. The number of hydrogen-bond donors (Lipinski definition) is 1. The molecule has 0 aliphatic rings. The number of benzene rings is 1. The highest BCUT2D eigenvalue weighted by Crippen LogP contribution is 2.17. The van der Waals surface area contributed by atoms with E-state index in [1.165, 1.54) is 6.07 Å². The van der Waals surface area contributed by atoms with Gasteiger partial charge in [-0.1, -0.05) is 24.4 Å². The molecule has 1 N–H and O–H groups in total. The summed E-state index contributed by atoms with van der Waals surface area (Å²) in [6.07, 6.45) is 1.56. The van der Waals surface area contributed by atoms with Crippen LogP contribution in [-0.4, -0.2) is 9.97 Å². The van der Waals surface area contributed by atoms with Crippen LogP contribution in [0.5, 0.6) is 0 Å². The maximum Gasteiger partial charge on any atom is 0.141 e. The van der Waals surface area contributed by atoms with Crippen LogP contribution in [0.2, 0.25) is 0 Å². The van der Waals surface area contributed by atoms with E-state index >= 15 is 0 Å². The lowest BCUT2D eigenvalue weighted by Crippen LogP contribution is -1.90. The van der Waals surface area contributed by atoms with Crippen molar-refractivity contribution in [3.05, 3.63) is 47.0 Å². The van der Waals surface area contributed by atoms with Gasteiger partial charge in [0.2, 0.25) is 0 Å². The topological polar surface area (TPSA) is 28.7 Å². The summed E-state index contributed by atoms with van der Waals surface area (Å²) in [6, 6.07) is 8.09. The second kappa shape index (κ2) is 3.67. The van der Waals surface area contributed by atoms with E-state index in [4.69, 9.17) is 12.2 Å². The molecule has 0 spiro atoms. The van der Waals surface area contributed by atoms with E-state index in [2.05, 4.69) is 9.97 Å². The van der Waals surface area contributed by atoms with Gasteiger partial charge in [-0.05, 0) is 18.2 Å². The van der Waals surface area contributed by atoms with Crippen LogP contribution in [0.25, 0.3) is 11.4 Å². The van der Waals surface area contributed by atoms with Crippen molar-refractivity contribution in [1.82, 2.24) is 9.97 Å². The maximum atomic E-state index is 13.3. The summed E-state index contributed by atoms with van der Waals surface area (Å²) in [5.74, 6) is 0.146. The zero-order valence-electron chi connectivity index (χ0n) is 7.20. The molecule has 1 aromatic carbocycles. The van der Waals surface area contributed by atoms with E-state index < -0.39 is 0 Å². The highest BCUT2D eigenvalue weighted by atomic mass is 32.1. The fourth-order valence-electron chi connectivity index (χ4n) is 1.16. The molecule has 0 aliphatic heterocycles.